The first-order valence-electron chi connectivity index (χ1n) is 3.26. The standard InChI is InChI=1S/C5H7NO.C2H4O3S.Na.H/c1-2-6-3-4-7-5-6;1-2-6(3,4)5;;/h2-4H,1,5H2;2H,1H2,(H,3,4,5);;/q;;+1;-1. The van der Waals surface area contributed by atoms with Crippen molar-refractivity contribution in [2.75, 3.05) is 6.73 Å². The van der Waals surface area contributed by atoms with Crippen LogP contribution in [0.1, 0.15) is 1.43 Å². The maximum absolute atomic E-state index is 9.44. The second kappa shape index (κ2) is 8.07. The summed E-state index contributed by atoms with van der Waals surface area (Å²) < 4.78 is 31.4. The Kier molecular flexibility index (Phi) is 9.32. The van der Waals surface area contributed by atoms with Gasteiger partial charge in [0.1, 0.15) is 6.26 Å². The SMILES string of the molecule is C=CN1C=COC1.C=CS(=O)(=O)O.[H-].[Na+]. The maximum Gasteiger partial charge on any atom is 1.00 e. The number of ether oxygens (including phenoxy) is 1. The van der Waals surface area contributed by atoms with E-state index >= 15 is 0 Å². The van der Waals surface area contributed by atoms with Gasteiger partial charge in [0.25, 0.3) is 10.1 Å². The van der Waals surface area contributed by atoms with Crippen LogP contribution in [0, 0.1) is 0 Å². The molecule has 0 aromatic rings. The largest absolute Gasteiger partial charge is 1.00 e. The van der Waals surface area contributed by atoms with Crippen molar-refractivity contribution in [2.45, 2.75) is 0 Å². The molecule has 0 spiro atoms. The van der Waals surface area contributed by atoms with Gasteiger partial charge in [-0.05, 0) is 6.20 Å². The molecule has 0 saturated heterocycles. The number of nitrogens with zero attached hydrogens (tertiary/aromatic N) is 1. The Morgan fingerprint density at radius 1 is 1.57 bits per heavy atom. The van der Waals surface area contributed by atoms with Crippen molar-refractivity contribution in [3.8, 4) is 0 Å². The van der Waals surface area contributed by atoms with Crippen molar-refractivity contribution in [3.63, 3.8) is 0 Å². The van der Waals surface area contributed by atoms with Crippen molar-refractivity contribution in [2.24, 2.45) is 0 Å². The summed E-state index contributed by atoms with van der Waals surface area (Å²) in [5, 5.41) is 0.465. The molecule has 1 heterocycles. The van der Waals surface area contributed by atoms with E-state index in [0.717, 1.165) is 0 Å². The van der Waals surface area contributed by atoms with E-state index in [1.165, 1.54) is 0 Å². The van der Waals surface area contributed by atoms with Crippen LogP contribution in [0.15, 0.2) is 37.2 Å². The quantitative estimate of drug-likeness (QED) is 0.439. The molecule has 0 amide bonds. The zero-order valence-electron chi connectivity index (χ0n) is 8.96. The molecular weight excluding hydrogens is 217 g/mol. The van der Waals surface area contributed by atoms with Crippen LogP contribution in [0.25, 0.3) is 0 Å². The fourth-order valence-corrected chi connectivity index (χ4v) is 0.407. The first-order chi connectivity index (χ1) is 5.99. The molecule has 5 nitrogen and oxygen atoms in total. The second-order valence-electron chi connectivity index (χ2n) is 1.96. The van der Waals surface area contributed by atoms with Gasteiger partial charge < -0.3 is 11.1 Å². The Morgan fingerprint density at radius 2 is 2.07 bits per heavy atom. The predicted molar refractivity (Wildman–Crippen MR) is 50.0 cm³/mol. The summed E-state index contributed by atoms with van der Waals surface area (Å²) in [5.41, 5.74) is 0. The van der Waals surface area contributed by atoms with Crippen molar-refractivity contribution < 1.29 is 48.7 Å². The predicted octanol–water partition coefficient (Wildman–Crippen LogP) is -1.97. The van der Waals surface area contributed by atoms with E-state index in [0.29, 0.717) is 12.1 Å². The number of hydrogen-bond acceptors (Lipinski definition) is 4. The van der Waals surface area contributed by atoms with Crippen LogP contribution in [0.4, 0.5) is 0 Å². The smallest absolute Gasteiger partial charge is 1.00 e. The van der Waals surface area contributed by atoms with Gasteiger partial charge in [-0.25, -0.2) is 0 Å². The molecule has 0 unspecified atom stereocenters. The normalized spacial score (nSPS) is 13.1. The van der Waals surface area contributed by atoms with Gasteiger partial charge >= 0.3 is 29.6 Å². The summed E-state index contributed by atoms with van der Waals surface area (Å²) in [6.07, 6.45) is 5.18. The average Bonchev–Trinajstić information content (AvgIpc) is 2.56. The van der Waals surface area contributed by atoms with Crippen LogP contribution < -0.4 is 29.6 Å². The van der Waals surface area contributed by atoms with Gasteiger partial charge in [0.15, 0.2) is 6.73 Å². The molecule has 1 aliphatic heterocycles. The number of hydrogen-bond donors (Lipinski definition) is 1. The van der Waals surface area contributed by atoms with E-state index < -0.39 is 10.1 Å². The van der Waals surface area contributed by atoms with Crippen LogP contribution in [0.2, 0.25) is 0 Å². The van der Waals surface area contributed by atoms with E-state index in [-0.39, 0.29) is 31.0 Å². The molecule has 0 bridgehead atoms. The fourth-order valence-electron chi connectivity index (χ4n) is 0.407. The summed E-state index contributed by atoms with van der Waals surface area (Å²) in [4.78, 5) is 1.85. The van der Waals surface area contributed by atoms with Crippen molar-refractivity contribution >= 4 is 10.1 Å². The van der Waals surface area contributed by atoms with Gasteiger partial charge in [-0.3, -0.25) is 4.55 Å². The number of rotatable bonds is 2. The Balaban J connectivity index is -0.000000172. The van der Waals surface area contributed by atoms with Gasteiger partial charge in [0, 0.05) is 6.20 Å². The molecule has 0 saturated carbocycles. The Bertz CT molecular complexity index is 293. The van der Waals surface area contributed by atoms with E-state index in [1.54, 1.807) is 12.5 Å². The van der Waals surface area contributed by atoms with Crippen molar-refractivity contribution in [1.29, 1.82) is 0 Å². The summed E-state index contributed by atoms with van der Waals surface area (Å²) in [6, 6.07) is 0. The molecule has 7 heteroatoms. The molecule has 0 aromatic carbocycles. The van der Waals surface area contributed by atoms with Crippen LogP contribution in [-0.2, 0) is 14.9 Å². The first kappa shape index (κ1) is 16.2. The van der Waals surface area contributed by atoms with Gasteiger partial charge in [0.05, 0.1) is 5.41 Å². The maximum atomic E-state index is 9.44. The van der Waals surface area contributed by atoms with E-state index in [4.69, 9.17) is 9.29 Å². The van der Waals surface area contributed by atoms with Crippen molar-refractivity contribution in [3.05, 3.63) is 37.2 Å². The van der Waals surface area contributed by atoms with Gasteiger partial charge in [-0.2, -0.15) is 8.42 Å². The minimum absolute atomic E-state index is 0. The molecule has 14 heavy (non-hydrogen) atoms. The topological polar surface area (TPSA) is 66.8 Å². The van der Waals surface area contributed by atoms with Crippen LogP contribution in [0.3, 0.4) is 0 Å². The van der Waals surface area contributed by atoms with Crippen LogP contribution in [-0.4, -0.2) is 24.6 Å². The average molecular weight is 229 g/mol. The summed E-state index contributed by atoms with van der Waals surface area (Å²) in [6.45, 7) is 6.95. The minimum Gasteiger partial charge on any atom is -1.00 e. The molecule has 1 aliphatic rings. The van der Waals surface area contributed by atoms with E-state index in [1.807, 2.05) is 11.1 Å². The van der Waals surface area contributed by atoms with Gasteiger partial charge in [-0.15, -0.1) is 0 Å². The molecule has 76 valence electrons. The Hall–Kier alpha value is -0.270. The summed E-state index contributed by atoms with van der Waals surface area (Å²) in [7, 11) is -3.90. The molecular formula is C7H12NNaO4S. The van der Waals surface area contributed by atoms with Crippen molar-refractivity contribution in [1.82, 2.24) is 4.90 Å². The van der Waals surface area contributed by atoms with E-state index in [9.17, 15) is 8.42 Å². The third kappa shape index (κ3) is 9.82. The first-order valence-corrected chi connectivity index (χ1v) is 4.76. The molecule has 1 rings (SSSR count). The fraction of sp³-hybridized carbons (Fsp3) is 0.143. The minimum atomic E-state index is -3.90. The molecule has 0 radical (unpaired) electrons. The third-order valence-corrected chi connectivity index (χ3v) is 1.44. The Morgan fingerprint density at radius 3 is 2.21 bits per heavy atom. The molecule has 0 fully saturated rings. The molecule has 0 atom stereocenters. The Labute approximate surface area is 107 Å². The van der Waals surface area contributed by atoms with Crippen LogP contribution >= 0.6 is 0 Å². The monoisotopic (exact) mass is 229 g/mol. The third-order valence-electron chi connectivity index (χ3n) is 1.02. The molecule has 1 N–H and O–H groups in total. The van der Waals surface area contributed by atoms with Gasteiger partial charge in [0.2, 0.25) is 0 Å². The zero-order chi connectivity index (χ0) is 10.3. The summed E-state index contributed by atoms with van der Waals surface area (Å²) in [5.74, 6) is 0. The summed E-state index contributed by atoms with van der Waals surface area (Å²) >= 11 is 0. The van der Waals surface area contributed by atoms with Gasteiger partial charge in [-0.1, -0.05) is 13.2 Å². The van der Waals surface area contributed by atoms with E-state index in [2.05, 4.69) is 13.2 Å². The zero-order valence-corrected chi connectivity index (χ0v) is 10.8. The molecule has 0 aliphatic carbocycles. The second-order valence-corrected chi connectivity index (χ2v) is 3.32. The van der Waals surface area contributed by atoms with Crippen LogP contribution in [0.5, 0.6) is 0 Å². The molecule has 0 aromatic heterocycles.